The molecule has 1 saturated carbocycles. The Balaban J connectivity index is 1.53. The fraction of sp³-hybridized carbons (Fsp3) is 1.00. The average Bonchev–Trinajstić information content (AvgIpc) is 2.40. The molecular weight excluding hydrogens is 244 g/mol. The number of hydrogen-bond donors (Lipinski definition) is 1. The number of fused-ring (bicyclic) bond motifs is 2. The van der Waals surface area contributed by atoms with Crippen LogP contribution < -0.4 is 5.32 Å². The molecule has 0 aromatic rings. The number of rotatable bonds is 3. The van der Waals surface area contributed by atoms with E-state index in [1.807, 2.05) is 0 Å². The molecule has 0 spiro atoms. The largest absolute Gasteiger partial charge is 0.311 e. The molecule has 0 aromatic heterocycles. The summed E-state index contributed by atoms with van der Waals surface area (Å²) in [7, 11) is 2.36. The van der Waals surface area contributed by atoms with Crippen molar-refractivity contribution in [3.8, 4) is 0 Å². The molecule has 0 amide bonds. The molecule has 3 fully saturated rings. The van der Waals surface area contributed by atoms with Gasteiger partial charge in [0.1, 0.15) is 0 Å². The van der Waals surface area contributed by atoms with Gasteiger partial charge in [-0.1, -0.05) is 33.1 Å². The van der Waals surface area contributed by atoms with Crippen molar-refractivity contribution in [2.75, 3.05) is 7.05 Å². The molecule has 0 radical (unpaired) electrons. The van der Waals surface area contributed by atoms with Gasteiger partial charge in [0, 0.05) is 24.2 Å². The predicted molar refractivity (Wildman–Crippen MR) is 85.9 cm³/mol. The second-order valence-corrected chi connectivity index (χ2v) is 8.11. The molecule has 20 heavy (non-hydrogen) atoms. The van der Waals surface area contributed by atoms with Crippen LogP contribution in [0, 0.1) is 11.8 Å². The summed E-state index contributed by atoms with van der Waals surface area (Å²) in [6, 6.07) is 3.34. The molecule has 2 aliphatic heterocycles. The van der Waals surface area contributed by atoms with Gasteiger partial charge in [0.25, 0.3) is 0 Å². The van der Waals surface area contributed by atoms with Crippen molar-refractivity contribution in [2.24, 2.45) is 11.8 Å². The highest BCUT2D eigenvalue weighted by Gasteiger charge is 2.37. The fourth-order valence-electron chi connectivity index (χ4n) is 5.07. The molecule has 3 rings (SSSR count). The van der Waals surface area contributed by atoms with Gasteiger partial charge in [-0.3, -0.25) is 0 Å². The van der Waals surface area contributed by atoms with Crippen molar-refractivity contribution in [3.63, 3.8) is 0 Å². The normalized spacial score (nSPS) is 42.9. The van der Waals surface area contributed by atoms with Crippen LogP contribution in [0.1, 0.15) is 71.6 Å². The lowest BCUT2D eigenvalue weighted by Crippen LogP contribution is -2.56. The second kappa shape index (κ2) is 6.36. The zero-order chi connectivity index (χ0) is 14.1. The highest BCUT2D eigenvalue weighted by Crippen LogP contribution is 2.35. The minimum atomic E-state index is 0.803. The van der Waals surface area contributed by atoms with E-state index in [1.165, 1.54) is 57.8 Å². The van der Waals surface area contributed by atoms with Crippen molar-refractivity contribution in [2.45, 2.75) is 95.8 Å². The van der Waals surface area contributed by atoms with Gasteiger partial charge in [-0.15, -0.1) is 0 Å². The summed E-state index contributed by atoms with van der Waals surface area (Å²) in [6.45, 7) is 4.82. The van der Waals surface area contributed by atoms with Crippen molar-refractivity contribution >= 4 is 0 Å². The molecule has 2 nitrogen and oxygen atoms in total. The van der Waals surface area contributed by atoms with E-state index in [-0.39, 0.29) is 0 Å². The first kappa shape index (κ1) is 14.8. The third kappa shape index (κ3) is 3.22. The molecule has 2 heterocycles. The molecule has 4 unspecified atom stereocenters. The Morgan fingerprint density at radius 2 is 1.50 bits per heavy atom. The van der Waals surface area contributed by atoms with Gasteiger partial charge in [0.15, 0.2) is 0 Å². The zero-order valence-electron chi connectivity index (χ0n) is 13.8. The first-order chi connectivity index (χ1) is 9.63. The number of nitrogens with zero attached hydrogens (tertiary/aromatic N) is 1. The molecule has 2 bridgehead atoms. The van der Waals surface area contributed by atoms with Crippen molar-refractivity contribution in [3.05, 3.63) is 0 Å². The molecule has 1 N–H and O–H groups in total. The Kier molecular flexibility index (Phi) is 4.72. The van der Waals surface area contributed by atoms with E-state index in [2.05, 4.69) is 31.1 Å². The van der Waals surface area contributed by atoms with Gasteiger partial charge in [0.05, 0.1) is 0 Å². The highest BCUT2D eigenvalue weighted by atomic mass is 15.2. The van der Waals surface area contributed by atoms with E-state index < -0.39 is 0 Å². The Hall–Kier alpha value is -0.0800. The lowest BCUT2D eigenvalue weighted by Gasteiger charge is -2.48. The van der Waals surface area contributed by atoms with E-state index in [9.17, 15) is 0 Å². The first-order valence-electron chi connectivity index (χ1n) is 9.11. The summed E-state index contributed by atoms with van der Waals surface area (Å²) in [6.07, 6.45) is 12.9. The van der Waals surface area contributed by atoms with Gasteiger partial charge in [0.2, 0.25) is 0 Å². The molecule has 2 saturated heterocycles. The summed E-state index contributed by atoms with van der Waals surface area (Å²) in [5.74, 6) is 1.84. The van der Waals surface area contributed by atoms with Crippen molar-refractivity contribution in [1.29, 1.82) is 0 Å². The van der Waals surface area contributed by atoms with Crippen LogP contribution in [0.25, 0.3) is 0 Å². The van der Waals surface area contributed by atoms with E-state index >= 15 is 0 Å². The first-order valence-corrected chi connectivity index (χ1v) is 9.11. The van der Waals surface area contributed by atoms with Gasteiger partial charge in [-0.25, -0.2) is 0 Å². The second-order valence-electron chi connectivity index (χ2n) is 8.11. The maximum Gasteiger partial charge on any atom is 0.0110 e. The van der Waals surface area contributed by atoms with Crippen LogP contribution in [-0.4, -0.2) is 36.1 Å². The maximum atomic E-state index is 4.07. The van der Waals surface area contributed by atoms with Crippen LogP contribution in [0.2, 0.25) is 0 Å². The standard InChI is InChI=1S/C18H34N2/c1-13(2)14-6-4-7-15(10-14)19-16-11-17-8-5-9-18(12-16)20(17)3/h13-19H,4-12H2,1-3H3. The summed E-state index contributed by atoms with van der Waals surface area (Å²) >= 11 is 0. The van der Waals surface area contributed by atoms with E-state index in [0.717, 1.165) is 36.0 Å². The Bertz CT molecular complexity index is 301. The van der Waals surface area contributed by atoms with Crippen LogP contribution in [0.3, 0.4) is 0 Å². The number of hydrogen-bond acceptors (Lipinski definition) is 2. The molecule has 2 heteroatoms. The highest BCUT2D eigenvalue weighted by molar-refractivity contribution is 4.95. The zero-order valence-corrected chi connectivity index (χ0v) is 13.8. The molecule has 4 atom stereocenters. The van der Waals surface area contributed by atoms with Crippen molar-refractivity contribution < 1.29 is 0 Å². The van der Waals surface area contributed by atoms with Crippen LogP contribution in [0.4, 0.5) is 0 Å². The molecule has 1 aliphatic carbocycles. The molecule has 116 valence electrons. The molecule has 3 aliphatic rings. The summed E-state index contributed by atoms with van der Waals surface area (Å²) in [5.41, 5.74) is 0. The number of piperidine rings is 2. The monoisotopic (exact) mass is 278 g/mol. The summed E-state index contributed by atoms with van der Waals surface area (Å²) in [5, 5.41) is 4.07. The van der Waals surface area contributed by atoms with Gasteiger partial charge in [-0.05, 0) is 57.4 Å². The SMILES string of the molecule is CC(C)C1CCCC(NC2CC3CCCC(C2)N3C)C1. The third-order valence-corrected chi connectivity index (χ3v) is 6.47. The van der Waals surface area contributed by atoms with Crippen molar-refractivity contribution in [1.82, 2.24) is 10.2 Å². The quantitative estimate of drug-likeness (QED) is 0.844. The Morgan fingerprint density at radius 3 is 2.15 bits per heavy atom. The maximum absolute atomic E-state index is 4.07. The molecular formula is C18H34N2. The van der Waals surface area contributed by atoms with Crippen LogP contribution in [-0.2, 0) is 0 Å². The number of nitrogens with one attached hydrogen (secondary N) is 1. The topological polar surface area (TPSA) is 15.3 Å². The molecule has 0 aromatic carbocycles. The third-order valence-electron chi connectivity index (χ3n) is 6.47. The van der Waals surface area contributed by atoms with E-state index in [0.29, 0.717) is 0 Å². The lowest BCUT2D eigenvalue weighted by atomic mass is 9.78. The van der Waals surface area contributed by atoms with Crippen LogP contribution in [0.15, 0.2) is 0 Å². The predicted octanol–water partition coefficient (Wildman–Crippen LogP) is 3.81. The minimum absolute atomic E-state index is 0.803. The average molecular weight is 278 g/mol. The van der Waals surface area contributed by atoms with Crippen LogP contribution in [0.5, 0.6) is 0 Å². The van der Waals surface area contributed by atoms with Gasteiger partial charge >= 0.3 is 0 Å². The Morgan fingerprint density at radius 1 is 0.850 bits per heavy atom. The van der Waals surface area contributed by atoms with Crippen LogP contribution >= 0.6 is 0 Å². The lowest BCUT2D eigenvalue weighted by molar-refractivity contribution is 0.0427. The fourth-order valence-corrected chi connectivity index (χ4v) is 5.07. The minimum Gasteiger partial charge on any atom is -0.311 e. The smallest absolute Gasteiger partial charge is 0.0110 e. The van der Waals surface area contributed by atoms with Gasteiger partial charge in [-0.2, -0.15) is 0 Å². The van der Waals surface area contributed by atoms with E-state index in [1.54, 1.807) is 0 Å². The summed E-state index contributed by atoms with van der Waals surface area (Å²) in [4.78, 5) is 2.68. The van der Waals surface area contributed by atoms with Gasteiger partial charge < -0.3 is 10.2 Å². The summed E-state index contributed by atoms with van der Waals surface area (Å²) < 4.78 is 0. The van der Waals surface area contributed by atoms with E-state index in [4.69, 9.17) is 0 Å². The Labute approximate surface area is 125 Å².